The number of rotatable bonds is 9. The van der Waals surface area contributed by atoms with Crippen molar-refractivity contribution in [3.8, 4) is 0 Å². The summed E-state index contributed by atoms with van der Waals surface area (Å²) < 4.78 is 0. The highest BCUT2D eigenvalue weighted by molar-refractivity contribution is 5.81. The summed E-state index contributed by atoms with van der Waals surface area (Å²) >= 11 is 0. The van der Waals surface area contributed by atoms with Crippen LogP contribution in [0.4, 0.5) is 0 Å². The lowest BCUT2D eigenvalue weighted by Gasteiger charge is -2.19. The molecule has 1 fully saturated rings. The Bertz CT molecular complexity index is 259. The van der Waals surface area contributed by atoms with E-state index in [1.165, 1.54) is 25.7 Å². The van der Waals surface area contributed by atoms with Crippen LogP contribution in [-0.2, 0) is 4.79 Å². The van der Waals surface area contributed by atoms with Crippen molar-refractivity contribution in [2.75, 3.05) is 13.1 Å². The summed E-state index contributed by atoms with van der Waals surface area (Å²) in [4.78, 5) is 11.8. The minimum atomic E-state index is -0.0634. The smallest absolute Gasteiger partial charge is 0.236 e. The van der Waals surface area contributed by atoms with E-state index in [1.54, 1.807) is 0 Å². The molecule has 0 aromatic heterocycles. The molecule has 3 heteroatoms. The van der Waals surface area contributed by atoms with Crippen LogP contribution in [0.25, 0.3) is 0 Å². The fourth-order valence-electron chi connectivity index (χ4n) is 2.32. The molecule has 2 N–H and O–H groups in total. The zero-order chi connectivity index (χ0) is 13.6. The minimum Gasteiger partial charge on any atom is -0.355 e. The Morgan fingerprint density at radius 1 is 1.28 bits per heavy atom. The van der Waals surface area contributed by atoms with Gasteiger partial charge in [-0.25, -0.2) is 0 Å². The molecule has 0 aromatic carbocycles. The summed E-state index contributed by atoms with van der Waals surface area (Å²) in [5, 5.41) is 6.40. The van der Waals surface area contributed by atoms with E-state index in [0.717, 1.165) is 19.5 Å². The van der Waals surface area contributed by atoms with Gasteiger partial charge in [0.2, 0.25) is 5.91 Å². The predicted molar refractivity (Wildman–Crippen MR) is 76.5 cm³/mol. The van der Waals surface area contributed by atoms with Gasteiger partial charge in [0.1, 0.15) is 0 Å². The fourth-order valence-corrected chi connectivity index (χ4v) is 2.32. The van der Waals surface area contributed by atoms with Gasteiger partial charge in [-0.3, -0.25) is 4.79 Å². The van der Waals surface area contributed by atoms with E-state index in [4.69, 9.17) is 0 Å². The molecule has 1 atom stereocenters. The first-order chi connectivity index (χ1) is 8.49. The third-order valence-electron chi connectivity index (χ3n) is 3.93. The van der Waals surface area contributed by atoms with Crippen molar-refractivity contribution in [2.24, 2.45) is 11.3 Å². The molecule has 0 saturated heterocycles. The SMILES string of the molecule is CCCC1(CNC(C)C(=O)NCCC(C)C)CC1. The Hall–Kier alpha value is -0.570. The van der Waals surface area contributed by atoms with Crippen molar-refractivity contribution in [2.45, 2.75) is 65.8 Å². The van der Waals surface area contributed by atoms with Gasteiger partial charge in [-0.2, -0.15) is 0 Å². The van der Waals surface area contributed by atoms with Crippen LogP contribution in [-0.4, -0.2) is 25.0 Å². The highest BCUT2D eigenvalue weighted by Crippen LogP contribution is 2.48. The summed E-state index contributed by atoms with van der Waals surface area (Å²) in [6.45, 7) is 10.3. The second kappa shape index (κ2) is 7.13. The number of hydrogen-bond donors (Lipinski definition) is 2. The molecule has 0 aliphatic heterocycles. The Morgan fingerprint density at radius 2 is 1.94 bits per heavy atom. The van der Waals surface area contributed by atoms with E-state index in [1.807, 2.05) is 6.92 Å². The molecule has 0 bridgehead atoms. The molecule has 1 rings (SSSR count). The van der Waals surface area contributed by atoms with Gasteiger partial charge in [-0.15, -0.1) is 0 Å². The molecule has 106 valence electrons. The number of carbonyl (C=O) groups is 1. The Morgan fingerprint density at radius 3 is 2.44 bits per heavy atom. The second-order valence-corrected chi connectivity index (χ2v) is 6.33. The van der Waals surface area contributed by atoms with Crippen molar-refractivity contribution in [3.05, 3.63) is 0 Å². The summed E-state index contributed by atoms with van der Waals surface area (Å²) in [6.07, 6.45) is 6.25. The van der Waals surface area contributed by atoms with Gasteiger partial charge in [-0.05, 0) is 43.9 Å². The van der Waals surface area contributed by atoms with Gasteiger partial charge in [0, 0.05) is 13.1 Å². The first kappa shape index (κ1) is 15.5. The minimum absolute atomic E-state index is 0.0634. The molecule has 1 amide bonds. The molecule has 1 aliphatic carbocycles. The van der Waals surface area contributed by atoms with Crippen LogP contribution in [0.15, 0.2) is 0 Å². The van der Waals surface area contributed by atoms with Crippen LogP contribution >= 0.6 is 0 Å². The third-order valence-corrected chi connectivity index (χ3v) is 3.93. The average molecular weight is 254 g/mol. The van der Waals surface area contributed by atoms with E-state index in [2.05, 4.69) is 31.4 Å². The largest absolute Gasteiger partial charge is 0.355 e. The van der Waals surface area contributed by atoms with Crippen molar-refractivity contribution in [1.29, 1.82) is 0 Å². The topological polar surface area (TPSA) is 41.1 Å². The predicted octanol–water partition coefficient (Wildman–Crippen LogP) is 2.71. The number of hydrogen-bond acceptors (Lipinski definition) is 2. The maximum Gasteiger partial charge on any atom is 0.236 e. The molecule has 1 aliphatic rings. The molecular weight excluding hydrogens is 224 g/mol. The first-order valence-corrected chi connectivity index (χ1v) is 7.50. The van der Waals surface area contributed by atoms with Crippen LogP contribution < -0.4 is 10.6 Å². The van der Waals surface area contributed by atoms with E-state index in [-0.39, 0.29) is 11.9 Å². The highest BCUT2D eigenvalue weighted by atomic mass is 16.2. The number of nitrogens with one attached hydrogen (secondary N) is 2. The molecule has 0 spiro atoms. The summed E-state index contributed by atoms with van der Waals surface area (Å²) in [6, 6.07) is -0.0634. The zero-order valence-corrected chi connectivity index (χ0v) is 12.5. The zero-order valence-electron chi connectivity index (χ0n) is 12.5. The van der Waals surface area contributed by atoms with E-state index >= 15 is 0 Å². The van der Waals surface area contributed by atoms with Gasteiger partial charge >= 0.3 is 0 Å². The third kappa shape index (κ3) is 5.38. The molecule has 0 radical (unpaired) electrons. The quantitative estimate of drug-likeness (QED) is 0.664. The molecule has 1 saturated carbocycles. The number of amides is 1. The average Bonchev–Trinajstić information content (AvgIpc) is 3.06. The molecule has 1 unspecified atom stereocenters. The van der Waals surface area contributed by atoms with Gasteiger partial charge in [0.05, 0.1) is 6.04 Å². The maximum atomic E-state index is 11.8. The highest BCUT2D eigenvalue weighted by Gasteiger charge is 2.41. The number of carbonyl (C=O) groups excluding carboxylic acids is 1. The molecular formula is C15H30N2O. The lowest BCUT2D eigenvalue weighted by Crippen LogP contribution is -2.44. The molecule has 0 aromatic rings. The lowest BCUT2D eigenvalue weighted by molar-refractivity contribution is -0.122. The summed E-state index contributed by atoms with van der Waals surface area (Å²) in [7, 11) is 0. The first-order valence-electron chi connectivity index (χ1n) is 7.50. The van der Waals surface area contributed by atoms with Crippen LogP contribution in [0.1, 0.15) is 59.8 Å². The standard InChI is InChI=1S/C15H30N2O/c1-5-7-15(8-9-15)11-17-13(4)14(18)16-10-6-12(2)3/h12-13,17H,5-11H2,1-4H3,(H,16,18). The molecule has 0 heterocycles. The van der Waals surface area contributed by atoms with Crippen LogP contribution in [0.2, 0.25) is 0 Å². The Balaban J connectivity index is 2.15. The van der Waals surface area contributed by atoms with Gasteiger partial charge in [0.15, 0.2) is 0 Å². The normalized spacial score (nSPS) is 18.7. The lowest BCUT2D eigenvalue weighted by atomic mass is 10.0. The Labute approximate surface area is 112 Å². The molecule has 3 nitrogen and oxygen atoms in total. The van der Waals surface area contributed by atoms with Gasteiger partial charge in [-0.1, -0.05) is 27.2 Å². The second-order valence-electron chi connectivity index (χ2n) is 6.33. The summed E-state index contributed by atoms with van der Waals surface area (Å²) in [5.41, 5.74) is 0.515. The van der Waals surface area contributed by atoms with Crippen molar-refractivity contribution < 1.29 is 4.79 Å². The van der Waals surface area contributed by atoms with Crippen LogP contribution in [0.3, 0.4) is 0 Å². The van der Waals surface area contributed by atoms with Crippen molar-refractivity contribution in [3.63, 3.8) is 0 Å². The van der Waals surface area contributed by atoms with E-state index in [0.29, 0.717) is 11.3 Å². The van der Waals surface area contributed by atoms with Crippen molar-refractivity contribution in [1.82, 2.24) is 10.6 Å². The van der Waals surface area contributed by atoms with Crippen LogP contribution in [0.5, 0.6) is 0 Å². The van der Waals surface area contributed by atoms with Gasteiger partial charge in [0.25, 0.3) is 0 Å². The van der Waals surface area contributed by atoms with Gasteiger partial charge < -0.3 is 10.6 Å². The fraction of sp³-hybridized carbons (Fsp3) is 0.933. The van der Waals surface area contributed by atoms with Crippen molar-refractivity contribution >= 4 is 5.91 Å². The van der Waals surface area contributed by atoms with E-state index < -0.39 is 0 Å². The van der Waals surface area contributed by atoms with Crippen LogP contribution in [0, 0.1) is 11.3 Å². The van der Waals surface area contributed by atoms with E-state index in [9.17, 15) is 4.79 Å². The Kier molecular flexibility index (Phi) is 6.13. The maximum absolute atomic E-state index is 11.8. The molecule has 18 heavy (non-hydrogen) atoms. The summed E-state index contributed by atoms with van der Waals surface area (Å²) in [5.74, 6) is 0.788. The monoisotopic (exact) mass is 254 g/mol.